The van der Waals surface area contributed by atoms with Gasteiger partial charge < -0.3 is 48.9 Å². The van der Waals surface area contributed by atoms with Crippen molar-refractivity contribution in [3.05, 3.63) is 272 Å². The highest BCUT2D eigenvalue weighted by Gasteiger charge is 2.38. The molecule has 772 valence electrons. The SMILES string of the molecule is COC(C(=O)Cc1nnc(CC2CC=C(c3cc4cc[nH]c4nn3)CC2)s1)c1cc(OC(F)(F)F)ccc1F.COC(C(=O)Cc1nnc(CC2CC=C(c3ccc(N)nn3)CC2)s1)c1cc(OC(F)(F)F)ccc1F.COC(C(=O)Cc1nnc(CC2CC=C(c3cccnn3)CC2)s1)c1cc(OC(F)(F)F)ccc1F.COC(C(=O)Cc1nnc(CC2CCC(c3cc4cc[nH]c4nn3)CC2)s1)c1cc(C)ccc1F. The summed E-state index contributed by atoms with van der Waals surface area (Å²) < 4.78 is 203. The van der Waals surface area contributed by atoms with Crippen LogP contribution in [0.2, 0.25) is 0 Å². The Balaban J connectivity index is 0.000000147. The molecule has 1 fully saturated rings. The summed E-state index contributed by atoms with van der Waals surface area (Å²) in [6.07, 6.45) is 6.47. The summed E-state index contributed by atoms with van der Waals surface area (Å²) in [5.74, 6) is -4.51. The average Bonchev–Trinajstić information content (AvgIpc) is 1.79. The fraction of sp³-hybridized carbons (Fsp3) is 0.380. The fourth-order valence-corrected chi connectivity index (χ4v) is 21.6. The first-order chi connectivity index (χ1) is 70.5. The summed E-state index contributed by atoms with van der Waals surface area (Å²) in [6.45, 7) is 1.86. The van der Waals surface area contributed by atoms with Crippen LogP contribution in [0.4, 0.5) is 62.9 Å². The zero-order valence-corrected chi connectivity index (χ0v) is 82.6. The maximum atomic E-state index is 14.4. The van der Waals surface area contributed by atoms with Crippen LogP contribution < -0.4 is 19.9 Å². The van der Waals surface area contributed by atoms with Gasteiger partial charge in [-0.3, -0.25) is 19.2 Å². The van der Waals surface area contributed by atoms with Crippen LogP contribution in [0.25, 0.3) is 38.8 Å². The summed E-state index contributed by atoms with van der Waals surface area (Å²) >= 11 is 5.30. The first-order valence-electron chi connectivity index (χ1n) is 46.5. The largest absolute Gasteiger partial charge is 0.573 e. The van der Waals surface area contributed by atoms with Crippen molar-refractivity contribution in [1.29, 1.82) is 0 Å². The number of ether oxygens (including phenoxy) is 7. The van der Waals surface area contributed by atoms with Crippen LogP contribution in [0.15, 0.2) is 158 Å². The van der Waals surface area contributed by atoms with Crippen molar-refractivity contribution in [2.45, 2.75) is 191 Å². The van der Waals surface area contributed by atoms with Crippen molar-refractivity contribution in [2.75, 3.05) is 34.2 Å². The van der Waals surface area contributed by atoms with Crippen molar-refractivity contribution in [3.8, 4) is 17.2 Å². The Bertz CT molecular complexity index is 6990. The van der Waals surface area contributed by atoms with E-state index >= 15 is 0 Å². The number of alkyl halides is 9. The molecule has 0 bridgehead atoms. The van der Waals surface area contributed by atoms with Gasteiger partial charge in [0.2, 0.25) is 0 Å². The molecule has 10 aromatic heterocycles. The molecule has 0 radical (unpaired) electrons. The molecule has 1 saturated carbocycles. The maximum absolute atomic E-state index is 14.4. The minimum atomic E-state index is -4.95. The number of nitrogen functional groups attached to an aromatic ring is 1. The van der Waals surface area contributed by atoms with Crippen molar-refractivity contribution in [3.63, 3.8) is 0 Å². The summed E-state index contributed by atoms with van der Waals surface area (Å²) in [5.41, 5.74) is 14.4. The topological polar surface area (TPSA) is 397 Å². The van der Waals surface area contributed by atoms with Gasteiger partial charge in [-0.25, -0.2) is 17.6 Å². The molecular weight excluding hydrogens is 2020 g/mol. The van der Waals surface area contributed by atoms with Gasteiger partial charge in [-0.2, -0.15) is 15.3 Å². The van der Waals surface area contributed by atoms with E-state index in [0.29, 0.717) is 74.7 Å². The van der Waals surface area contributed by atoms with Gasteiger partial charge in [-0.1, -0.05) is 35.9 Å². The lowest BCUT2D eigenvalue weighted by atomic mass is 9.79. The van der Waals surface area contributed by atoms with E-state index in [2.05, 4.69) is 130 Å². The van der Waals surface area contributed by atoms with Crippen LogP contribution in [0.5, 0.6) is 17.2 Å². The Morgan fingerprint density at radius 1 is 0.374 bits per heavy atom. The quantitative estimate of drug-likeness (QED) is 0.0311. The standard InChI is InChI=1S/C26H23F4N5O3S.C26H28FN5O2S.C24H23F4N5O3S.C24H22F4N4O3S/c1-37-24(18-12-17(6-7-19(18)27)38-26(28,29)30)21(36)13-23-34-33-22(39-23)10-14-2-4-15(5-3-14)20-11-16-8-9-31-25(16)35-32-20;1-15-3-8-20(27)19(11-15)25(34-2)22(33)14-24-31-30-23(35-24)12-16-4-6-17(7-5-16)21-13-18-9-10-28-26(18)32-29-21;1-35-23(16-11-15(6-7-17(16)25)36-24(26,27)28)19(34)12-22-33-32-21(37-22)10-13-2-4-14(5-3-13)18-8-9-20(29)31-30-18;1-34-23(17-12-16(8-9-18(17)25)35-24(26,27)28)20(33)13-22-32-31-21(36-22)11-14-4-6-15(7-5-14)19-3-2-10-29-30-19/h4,6-9,11-12,14,24H,2-3,5,10,13H2,1H3,(H,31,35);3,8-11,13,16-17,25H,4-7,12,14H2,1-2H3,(H,28,32);4,6-9,11,13,23H,2-3,5,10,12H2,1H3,(H2,29,31);2-3,6,8-10,12,14,23H,4-5,7,11,13H2,1H3. The molecule has 4 aromatic carbocycles. The Hall–Kier alpha value is -13.5. The number of nitrogens with one attached hydrogen (secondary N) is 2. The van der Waals surface area contributed by atoms with E-state index in [4.69, 9.17) is 24.7 Å². The molecule has 0 saturated heterocycles. The van der Waals surface area contributed by atoms with Gasteiger partial charge in [-0.15, -0.1) is 151 Å². The number of ketones is 4. The van der Waals surface area contributed by atoms with E-state index in [9.17, 15) is 76.3 Å². The lowest BCUT2D eigenvalue weighted by Gasteiger charge is -2.27. The number of aryl methyl sites for hydroxylation is 1. The van der Waals surface area contributed by atoms with E-state index < -0.39 is 101 Å². The minimum absolute atomic E-state index is 0.0800. The monoisotopic (exact) mass is 2110 g/mol. The molecule has 4 aliphatic rings. The van der Waals surface area contributed by atoms with Crippen molar-refractivity contribution < 1.29 is 109 Å². The second-order valence-corrected chi connectivity index (χ2v) is 39.9. The number of carbonyl (C=O) groups is 4. The number of carbonyl (C=O) groups excluding carboxylic acids is 4. The van der Waals surface area contributed by atoms with Gasteiger partial charge >= 0.3 is 19.1 Å². The molecule has 14 aromatic rings. The minimum Gasteiger partial charge on any atom is -0.406 e. The highest BCUT2D eigenvalue weighted by Crippen LogP contribution is 2.42. The molecule has 4 aliphatic carbocycles. The molecule has 7 unspecified atom stereocenters. The third-order valence-corrected chi connectivity index (χ3v) is 28.7. The van der Waals surface area contributed by atoms with Crippen LogP contribution in [0.1, 0.15) is 204 Å². The Kier molecular flexibility index (Phi) is 36.2. The third-order valence-electron chi connectivity index (χ3n) is 24.9. The third kappa shape index (κ3) is 30.2. The summed E-state index contributed by atoms with van der Waals surface area (Å²) in [7, 11) is 4.95. The first kappa shape index (κ1) is 108. The lowest BCUT2D eigenvalue weighted by molar-refractivity contribution is -0.275. The Morgan fingerprint density at radius 2 is 0.728 bits per heavy atom. The lowest BCUT2D eigenvalue weighted by Crippen LogP contribution is -2.20. The smallest absolute Gasteiger partial charge is 0.406 e. The molecule has 0 spiro atoms. The number of anilines is 1. The summed E-state index contributed by atoms with van der Waals surface area (Å²) in [4.78, 5) is 57.6. The highest BCUT2D eigenvalue weighted by atomic mass is 32.1. The second-order valence-electron chi connectivity index (χ2n) is 35.3. The fourth-order valence-electron chi connectivity index (χ4n) is 17.7. The molecule has 147 heavy (non-hydrogen) atoms. The van der Waals surface area contributed by atoms with E-state index in [1.165, 1.54) is 85.4 Å². The summed E-state index contributed by atoms with van der Waals surface area (Å²) in [6, 6.07) is 27.5. The number of fused-ring (bicyclic) bond motifs is 2. The number of hydrogen-bond acceptors (Lipinski definition) is 32. The number of allylic oxidation sites excluding steroid dienone is 6. The van der Waals surface area contributed by atoms with Crippen LogP contribution in [0, 0.1) is 53.9 Å². The molecule has 4 N–H and O–H groups in total. The molecule has 0 amide bonds. The second kappa shape index (κ2) is 49.4. The number of methoxy groups -OCH3 is 4. The van der Waals surface area contributed by atoms with E-state index in [1.54, 1.807) is 24.4 Å². The number of aromatic nitrogens is 18. The van der Waals surface area contributed by atoms with Gasteiger partial charge in [0, 0.05) is 112 Å². The predicted molar refractivity (Wildman–Crippen MR) is 516 cm³/mol. The number of H-pyrrole nitrogens is 2. The van der Waals surface area contributed by atoms with Crippen molar-refractivity contribution in [1.82, 2.24) is 91.5 Å². The molecule has 47 heteroatoms. The molecule has 0 aliphatic heterocycles. The Labute approximate surface area is 847 Å². The molecule has 18 rings (SSSR count). The molecule has 7 atom stereocenters. The van der Waals surface area contributed by atoms with E-state index in [0.717, 1.165) is 226 Å². The first-order valence-corrected chi connectivity index (χ1v) is 49.7. The molecule has 10 heterocycles. The van der Waals surface area contributed by atoms with Crippen molar-refractivity contribution in [2.24, 2.45) is 23.7 Å². The average molecular weight is 2120 g/mol. The molecule has 30 nitrogen and oxygen atoms in total. The van der Waals surface area contributed by atoms with Gasteiger partial charge in [0.05, 0.1) is 48.5 Å². The highest BCUT2D eigenvalue weighted by molar-refractivity contribution is 7.12. The Morgan fingerprint density at radius 3 is 1.09 bits per heavy atom. The maximum Gasteiger partial charge on any atom is 0.573 e. The number of benzene rings is 4. The number of nitrogens with two attached hydrogens (primary N) is 1. The van der Waals surface area contributed by atoms with Crippen LogP contribution in [-0.4, -0.2) is 162 Å². The number of rotatable bonds is 35. The normalized spacial score (nSPS) is 17.4. The van der Waals surface area contributed by atoms with E-state index in [1.807, 2.05) is 55.7 Å². The van der Waals surface area contributed by atoms with Crippen LogP contribution in [-0.2, 0) is 89.5 Å². The number of aromatic amines is 2. The summed E-state index contributed by atoms with van der Waals surface area (Å²) in [5, 5.41) is 74.0. The van der Waals surface area contributed by atoms with Crippen LogP contribution in [0.3, 0.4) is 0 Å². The van der Waals surface area contributed by atoms with Gasteiger partial charge in [0.25, 0.3) is 0 Å². The van der Waals surface area contributed by atoms with Crippen LogP contribution >= 0.6 is 45.3 Å². The van der Waals surface area contributed by atoms with E-state index in [-0.39, 0.29) is 53.7 Å². The number of halogens is 13. The predicted octanol–water partition coefficient (Wildman–Crippen LogP) is 21.2. The van der Waals surface area contributed by atoms with Gasteiger partial charge in [0.15, 0.2) is 34.4 Å². The molecular formula is C100H96F13N19O11S4. The zero-order valence-electron chi connectivity index (χ0n) is 79.3. The number of Topliss-reactive ketones (excluding diaryl/α,β-unsaturated/α-hetero) is 4. The number of nitrogens with zero attached hydrogens (tertiary/aromatic N) is 16. The van der Waals surface area contributed by atoms with Gasteiger partial charge in [0.1, 0.15) is 111 Å². The number of hydrogen-bond donors (Lipinski definition) is 3. The van der Waals surface area contributed by atoms with Gasteiger partial charge in [-0.05, 0) is 240 Å². The van der Waals surface area contributed by atoms with Crippen molar-refractivity contribution >= 4 is 113 Å². The zero-order chi connectivity index (χ0) is 104.